The molecule has 0 aliphatic carbocycles. The van der Waals surface area contributed by atoms with Crippen LogP contribution in [0.5, 0.6) is 0 Å². The van der Waals surface area contributed by atoms with Crippen LogP contribution in [0.1, 0.15) is 12.0 Å². The van der Waals surface area contributed by atoms with E-state index in [1.165, 1.54) is 5.56 Å². The lowest BCUT2D eigenvalue weighted by Gasteiger charge is -2.05. The van der Waals surface area contributed by atoms with Crippen LogP contribution in [0.2, 0.25) is 0 Å². The van der Waals surface area contributed by atoms with Gasteiger partial charge in [0.2, 0.25) is 0 Å². The molecule has 4 heteroatoms. The van der Waals surface area contributed by atoms with Gasteiger partial charge in [0.15, 0.2) is 0 Å². The number of benzene rings is 1. The molecule has 0 atom stereocenters. The summed E-state index contributed by atoms with van der Waals surface area (Å²) in [7, 11) is 0. The number of rotatable bonds is 8. The molecule has 1 aromatic carbocycles. The Balaban J connectivity index is 1.96. The zero-order chi connectivity index (χ0) is 13.1. The average molecular weight is 264 g/mol. The third-order valence-corrected chi connectivity index (χ3v) is 3.38. The molecule has 0 radical (unpaired) electrons. The van der Waals surface area contributed by atoms with Crippen LogP contribution in [0.15, 0.2) is 43.0 Å². The minimum atomic E-state index is -0.122. The summed E-state index contributed by atoms with van der Waals surface area (Å²) >= 11 is 1.89. The maximum atomic E-state index is 11.2. The van der Waals surface area contributed by atoms with E-state index in [0.29, 0.717) is 13.1 Å². The van der Waals surface area contributed by atoms with Gasteiger partial charge in [-0.2, -0.15) is 11.8 Å². The van der Waals surface area contributed by atoms with Gasteiger partial charge in [-0.3, -0.25) is 0 Å². The van der Waals surface area contributed by atoms with Gasteiger partial charge in [-0.25, -0.2) is 4.79 Å². The first-order valence-corrected chi connectivity index (χ1v) is 7.22. The van der Waals surface area contributed by atoms with Crippen LogP contribution in [0.3, 0.4) is 0 Å². The second kappa shape index (κ2) is 9.59. The van der Waals surface area contributed by atoms with Gasteiger partial charge in [0.25, 0.3) is 0 Å². The van der Waals surface area contributed by atoms with Crippen LogP contribution in [-0.2, 0) is 5.75 Å². The van der Waals surface area contributed by atoms with Crippen LogP contribution >= 0.6 is 11.8 Å². The lowest BCUT2D eigenvalue weighted by atomic mass is 10.2. The molecule has 98 valence electrons. The van der Waals surface area contributed by atoms with Crippen molar-refractivity contribution < 1.29 is 4.79 Å². The van der Waals surface area contributed by atoms with Crippen molar-refractivity contribution in [3.8, 4) is 0 Å². The molecule has 0 heterocycles. The van der Waals surface area contributed by atoms with Crippen molar-refractivity contribution >= 4 is 17.8 Å². The molecule has 1 rings (SSSR count). The Bertz CT molecular complexity index is 354. The van der Waals surface area contributed by atoms with Gasteiger partial charge in [-0.15, -0.1) is 6.58 Å². The zero-order valence-electron chi connectivity index (χ0n) is 10.5. The molecular weight excluding hydrogens is 244 g/mol. The Labute approximate surface area is 113 Å². The maximum absolute atomic E-state index is 11.2. The van der Waals surface area contributed by atoms with Crippen LogP contribution < -0.4 is 10.6 Å². The van der Waals surface area contributed by atoms with Crippen molar-refractivity contribution in [1.29, 1.82) is 0 Å². The molecule has 0 saturated heterocycles. The predicted molar refractivity (Wildman–Crippen MR) is 78.8 cm³/mol. The topological polar surface area (TPSA) is 41.1 Å². The first kappa shape index (κ1) is 14.6. The van der Waals surface area contributed by atoms with Crippen LogP contribution in [0.4, 0.5) is 4.79 Å². The van der Waals surface area contributed by atoms with E-state index in [9.17, 15) is 4.79 Å². The number of hydrogen-bond acceptors (Lipinski definition) is 2. The number of carbonyl (C=O) groups excluding carboxylic acids is 1. The van der Waals surface area contributed by atoms with Gasteiger partial charge in [0.05, 0.1) is 0 Å². The molecule has 0 bridgehead atoms. The summed E-state index contributed by atoms with van der Waals surface area (Å²) < 4.78 is 0. The lowest BCUT2D eigenvalue weighted by Crippen LogP contribution is -2.36. The number of nitrogens with one attached hydrogen (secondary N) is 2. The third-order valence-electron chi connectivity index (χ3n) is 2.27. The second-order valence-corrected chi connectivity index (χ2v) is 4.92. The summed E-state index contributed by atoms with van der Waals surface area (Å²) in [5.41, 5.74) is 1.35. The van der Waals surface area contributed by atoms with E-state index in [2.05, 4.69) is 41.5 Å². The quantitative estimate of drug-likeness (QED) is 0.560. The van der Waals surface area contributed by atoms with E-state index in [4.69, 9.17) is 0 Å². The van der Waals surface area contributed by atoms with E-state index >= 15 is 0 Å². The largest absolute Gasteiger partial charge is 0.338 e. The Kier molecular flexibility index (Phi) is 7.80. The summed E-state index contributed by atoms with van der Waals surface area (Å²) in [4.78, 5) is 11.2. The molecule has 0 aliphatic heterocycles. The van der Waals surface area contributed by atoms with E-state index in [1.54, 1.807) is 6.08 Å². The van der Waals surface area contributed by atoms with Crippen molar-refractivity contribution in [2.24, 2.45) is 0 Å². The van der Waals surface area contributed by atoms with Crippen molar-refractivity contribution in [1.82, 2.24) is 10.6 Å². The Morgan fingerprint density at radius 1 is 1.28 bits per heavy atom. The molecule has 0 saturated carbocycles. The van der Waals surface area contributed by atoms with Crippen molar-refractivity contribution in [3.63, 3.8) is 0 Å². The third kappa shape index (κ3) is 7.01. The molecule has 2 amide bonds. The van der Waals surface area contributed by atoms with Gasteiger partial charge in [-0.05, 0) is 17.7 Å². The molecule has 1 aromatic rings. The van der Waals surface area contributed by atoms with Crippen LogP contribution in [-0.4, -0.2) is 24.9 Å². The zero-order valence-corrected chi connectivity index (χ0v) is 11.3. The maximum Gasteiger partial charge on any atom is 0.315 e. The fraction of sp³-hybridized carbons (Fsp3) is 0.357. The Morgan fingerprint density at radius 3 is 2.78 bits per heavy atom. The highest BCUT2D eigenvalue weighted by atomic mass is 32.2. The van der Waals surface area contributed by atoms with E-state index in [1.807, 2.05) is 17.8 Å². The summed E-state index contributed by atoms with van der Waals surface area (Å²) in [6, 6.07) is 10.3. The molecular formula is C14H20N2OS. The van der Waals surface area contributed by atoms with Crippen molar-refractivity contribution in [2.75, 3.05) is 18.8 Å². The molecule has 0 unspecified atom stereocenters. The standard InChI is InChI=1S/C14H20N2OS/c1-2-9-15-14(17)16-10-6-11-18-12-13-7-4-3-5-8-13/h2-5,7-8H,1,6,9-12H2,(H2,15,16,17). The molecule has 0 aliphatic rings. The smallest absolute Gasteiger partial charge is 0.315 e. The molecule has 0 spiro atoms. The van der Waals surface area contributed by atoms with Crippen molar-refractivity contribution in [2.45, 2.75) is 12.2 Å². The molecule has 2 N–H and O–H groups in total. The first-order chi connectivity index (χ1) is 8.83. The normalized spacial score (nSPS) is 9.78. The van der Waals surface area contributed by atoms with E-state index in [-0.39, 0.29) is 6.03 Å². The van der Waals surface area contributed by atoms with E-state index in [0.717, 1.165) is 17.9 Å². The number of hydrogen-bond donors (Lipinski definition) is 2. The minimum Gasteiger partial charge on any atom is -0.338 e. The predicted octanol–water partition coefficient (Wildman–Crippen LogP) is 2.80. The average Bonchev–Trinajstić information content (AvgIpc) is 2.41. The molecule has 3 nitrogen and oxygen atoms in total. The van der Waals surface area contributed by atoms with Crippen LogP contribution in [0.25, 0.3) is 0 Å². The molecule has 18 heavy (non-hydrogen) atoms. The number of carbonyl (C=O) groups is 1. The highest BCUT2D eigenvalue weighted by Gasteiger charge is 1.97. The van der Waals surface area contributed by atoms with Gasteiger partial charge >= 0.3 is 6.03 Å². The highest BCUT2D eigenvalue weighted by Crippen LogP contribution is 2.11. The monoisotopic (exact) mass is 264 g/mol. The van der Waals surface area contributed by atoms with E-state index < -0.39 is 0 Å². The first-order valence-electron chi connectivity index (χ1n) is 6.07. The Hall–Kier alpha value is -1.42. The van der Waals surface area contributed by atoms with Gasteiger partial charge in [0.1, 0.15) is 0 Å². The van der Waals surface area contributed by atoms with Crippen molar-refractivity contribution in [3.05, 3.63) is 48.6 Å². The Morgan fingerprint density at radius 2 is 2.06 bits per heavy atom. The highest BCUT2D eigenvalue weighted by molar-refractivity contribution is 7.98. The molecule has 0 aromatic heterocycles. The second-order valence-electron chi connectivity index (χ2n) is 3.82. The van der Waals surface area contributed by atoms with Gasteiger partial charge < -0.3 is 10.6 Å². The van der Waals surface area contributed by atoms with Gasteiger partial charge in [0, 0.05) is 18.8 Å². The SMILES string of the molecule is C=CCNC(=O)NCCCSCc1ccccc1. The van der Waals surface area contributed by atoms with Gasteiger partial charge in [-0.1, -0.05) is 36.4 Å². The summed E-state index contributed by atoms with van der Waals surface area (Å²) in [5, 5.41) is 5.48. The summed E-state index contributed by atoms with van der Waals surface area (Å²) in [6.45, 7) is 4.76. The summed E-state index contributed by atoms with van der Waals surface area (Å²) in [5.74, 6) is 2.08. The summed E-state index contributed by atoms with van der Waals surface area (Å²) in [6.07, 6.45) is 2.65. The lowest BCUT2D eigenvalue weighted by molar-refractivity contribution is 0.242. The number of thioether (sulfide) groups is 1. The molecule has 0 fully saturated rings. The van der Waals surface area contributed by atoms with Crippen LogP contribution in [0, 0.1) is 0 Å². The number of amides is 2. The minimum absolute atomic E-state index is 0.122. The fourth-order valence-electron chi connectivity index (χ4n) is 1.37. The fourth-order valence-corrected chi connectivity index (χ4v) is 2.29. The number of urea groups is 1.